The molecule has 0 radical (unpaired) electrons. The standard InChI is InChI=1S/C10H7N3/c11-5-7-2-1-3-10-9(7)4-8(12)6-13-10/h1-4,6H,12H2. The van der Waals surface area contributed by atoms with E-state index in [1.165, 1.54) is 0 Å². The van der Waals surface area contributed by atoms with E-state index >= 15 is 0 Å². The number of benzene rings is 1. The number of nitriles is 1. The second-order valence-electron chi connectivity index (χ2n) is 2.75. The van der Waals surface area contributed by atoms with Crippen LogP contribution in [0.3, 0.4) is 0 Å². The number of pyridine rings is 1. The first-order chi connectivity index (χ1) is 6.31. The van der Waals surface area contributed by atoms with E-state index in [1.54, 1.807) is 18.3 Å². The molecule has 0 amide bonds. The van der Waals surface area contributed by atoms with Gasteiger partial charge in [-0.2, -0.15) is 5.26 Å². The van der Waals surface area contributed by atoms with Crippen molar-refractivity contribution in [3.8, 4) is 6.07 Å². The van der Waals surface area contributed by atoms with Gasteiger partial charge in [0.2, 0.25) is 0 Å². The van der Waals surface area contributed by atoms with Crippen molar-refractivity contribution in [2.24, 2.45) is 0 Å². The number of hydrogen-bond donors (Lipinski definition) is 1. The van der Waals surface area contributed by atoms with Crippen LogP contribution >= 0.6 is 0 Å². The van der Waals surface area contributed by atoms with Crippen molar-refractivity contribution >= 4 is 16.6 Å². The van der Waals surface area contributed by atoms with Crippen LogP contribution in [0.4, 0.5) is 5.69 Å². The summed E-state index contributed by atoms with van der Waals surface area (Å²) in [5, 5.41) is 9.62. The molecule has 0 aliphatic heterocycles. The summed E-state index contributed by atoms with van der Waals surface area (Å²) in [6, 6.07) is 9.29. The van der Waals surface area contributed by atoms with E-state index in [9.17, 15) is 0 Å². The zero-order valence-corrected chi connectivity index (χ0v) is 6.86. The Hall–Kier alpha value is -2.08. The molecule has 0 unspecified atom stereocenters. The van der Waals surface area contributed by atoms with Gasteiger partial charge in [-0.05, 0) is 18.2 Å². The van der Waals surface area contributed by atoms with Crippen molar-refractivity contribution in [2.45, 2.75) is 0 Å². The van der Waals surface area contributed by atoms with Crippen molar-refractivity contribution in [1.29, 1.82) is 5.26 Å². The van der Waals surface area contributed by atoms with Gasteiger partial charge < -0.3 is 5.73 Å². The van der Waals surface area contributed by atoms with Crippen molar-refractivity contribution in [1.82, 2.24) is 4.98 Å². The highest BCUT2D eigenvalue weighted by molar-refractivity contribution is 5.86. The van der Waals surface area contributed by atoms with Gasteiger partial charge in [0.15, 0.2) is 0 Å². The lowest BCUT2D eigenvalue weighted by atomic mass is 10.1. The number of aromatic nitrogens is 1. The zero-order chi connectivity index (χ0) is 9.26. The van der Waals surface area contributed by atoms with Gasteiger partial charge in [0.1, 0.15) is 0 Å². The summed E-state index contributed by atoms with van der Waals surface area (Å²) in [4.78, 5) is 4.11. The van der Waals surface area contributed by atoms with Crippen molar-refractivity contribution in [3.63, 3.8) is 0 Å². The second-order valence-corrected chi connectivity index (χ2v) is 2.75. The molecular formula is C10H7N3. The van der Waals surface area contributed by atoms with E-state index in [0.717, 1.165) is 10.9 Å². The van der Waals surface area contributed by atoms with Gasteiger partial charge in [0.05, 0.1) is 29.0 Å². The van der Waals surface area contributed by atoms with E-state index in [2.05, 4.69) is 11.1 Å². The van der Waals surface area contributed by atoms with Crippen molar-refractivity contribution < 1.29 is 0 Å². The van der Waals surface area contributed by atoms with Gasteiger partial charge in [0.25, 0.3) is 0 Å². The first-order valence-electron chi connectivity index (χ1n) is 3.85. The molecule has 0 saturated heterocycles. The number of nitrogens with two attached hydrogens (primary N) is 1. The van der Waals surface area contributed by atoms with Gasteiger partial charge in [-0.1, -0.05) is 6.07 Å². The fourth-order valence-electron chi connectivity index (χ4n) is 1.26. The van der Waals surface area contributed by atoms with E-state index in [4.69, 9.17) is 11.0 Å². The monoisotopic (exact) mass is 169 g/mol. The highest BCUT2D eigenvalue weighted by Crippen LogP contribution is 2.18. The average Bonchev–Trinajstić information content (AvgIpc) is 2.17. The van der Waals surface area contributed by atoms with Crippen molar-refractivity contribution in [2.75, 3.05) is 5.73 Å². The molecule has 0 aliphatic carbocycles. The molecule has 62 valence electrons. The fraction of sp³-hybridized carbons (Fsp3) is 0. The molecular weight excluding hydrogens is 162 g/mol. The van der Waals surface area contributed by atoms with Gasteiger partial charge in [0, 0.05) is 5.39 Å². The SMILES string of the molecule is N#Cc1cccc2ncc(N)cc12. The minimum atomic E-state index is 0.579. The predicted octanol–water partition coefficient (Wildman–Crippen LogP) is 1.69. The van der Waals surface area contributed by atoms with Crippen LogP contribution in [0, 0.1) is 11.3 Å². The van der Waals surface area contributed by atoms with Crippen molar-refractivity contribution in [3.05, 3.63) is 36.0 Å². The van der Waals surface area contributed by atoms with Crippen LogP contribution in [0.5, 0.6) is 0 Å². The lowest BCUT2D eigenvalue weighted by Crippen LogP contribution is -1.88. The summed E-state index contributed by atoms with van der Waals surface area (Å²) in [6.07, 6.45) is 1.59. The average molecular weight is 169 g/mol. The summed E-state index contributed by atoms with van der Waals surface area (Å²) in [5.41, 5.74) is 7.56. The Morgan fingerprint density at radius 3 is 3.00 bits per heavy atom. The third-order valence-corrected chi connectivity index (χ3v) is 1.87. The summed E-state index contributed by atoms with van der Waals surface area (Å²) >= 11 is 0. The van der Waals surface area contributed by atoms with E-state index in [0.29, 0.717) is 11.3 Å². The van der Waals surface area contributed by atoms with Gasteiger partial charge in [-0.15, -0.1) is 0 Å². The molecule has 3 heteroatoms. The summed E-state index contributed by atoms with van der Waals surface area (Å²) in [7, 11) is 0. The van der Waals surface area contributed by atoms with Crippen LogP contribution in [0.15, 0.2) is 30.5 Å². The normalized spacial score (nSPS) is 9.77. The Morgan fingerprint density at radius 2 is 2.23 bits per heavy atom. The number of hydrogen-bond acceptors (Lipinski definition) is 3. The van der Waals surface area contributed by atoms with Crippen LogP contribution in [0.25, 0.3) is 10.9 Å². The Morgan fingerprint density at radius 1 is 1.38 bits per heavy atom. The topological polar surface area (TPSA) is 62.7 Å². The minimum absolute atomic E-state index is 0.579. The maximum atomic E-state index is 8.81. The molecule has 0 spiro atoms. The Balaban J connectivity index is 2.89. The second kappa shape index (κ2) is 2.76. The Kier molecular flexibility index (Phi) is 1.60. The molecule has 2 N–H and O–H groups in total. The molecule has 2 aromatic rings. The molecule has 2 rings (SSSR count). The smallest absolute Gasteiger partial charge is 0.0998 e. The lowest BCUT2D eigenvalue weighted by Gasteiger charge is -1.99. The lowest BCUT2D eigenvalue weighted by molar-refractivity contribution is 1.40. The van der Waals surface area contributed by atoms with Gasteiger partial charge in [-0.3, -0.25) is 4.98 Å². The molecule has 1 aromatic carbocycles. The Labute approximate surface area is 75.4 Å². The molecule has 1 aromatic heterocycles. The minimum Gasteiger partial charge on any atom is -0.397 e. The summed E-state index contributed by atoms with van der Waals surface area (Å²) < 4.78 is 0. The van der Waals surface area contributed by atoms with Crippen LogP contribution in [-0.4, -0.2) is 4.98 Å². The number of nitrogens with zero attached hydrogens (tertiary/aromatic N) is 2. The molecule has 0 atom stereocenters. The Bertz CT molecular complexity index is 497. The number of anilines is 1. The van der Waals surface area contributed by atoms with Crippen LogP contribution in [0.1, 0.15) is 5.56 Å². The maximum Gasteiger partial charge on any atom is 0.0998 e. The molecule has 13 heavy (non-hydrogen) atoms. The highest BCUT2D eigenvalue weighted by atomic mass is 14.7. The maximum absolute atomic E-state index is 8.81. The molecule has 3 nitrogen and oxygen atoms in total. The first kappa shape index (κ1) is 7.56. The highest BCUT2D eigenvalue weighted by Gasteiger charge is 2.00. The largest absolute Gasteiger partial charge is 0.397 e. The van der Waals surface area contributed by atoms with Gasteiger partial charge in [-0.25, -0.2) is 0 Å². The predicted molar refractivity (Wildman–Crippen MR) is 50.9 cm³/mol. The molecule has 0 aliphatic rings. The zero-order valence-electron chi connectivity index (χ0n) is 6.86. The van der Waals surface area contributed by atoms with E-state index in [-0.39, 0.29) is 0 Å². The van der Waals surface area contributed by atoms with E-state index in [1.807, 2.05) is 12.1 Å². The third kappa shape index (κ3) is 1.18. The van der Waals surface area contributed by atoms with E-state index < -0.39 is 0 Å². The van der Waals surface area contributed by atoms with Gasteiger partial charge >= 0.3 is 0 Å². The molecule has 0 bridgehead atoms. The molecule has 0 fully saturated rings. The third-order valence-electron chi connectivity index (χ3n) is 1.87. The number of rotatable bonds is 0. The number of nitrogen functional groups attached to an aromatic ring is 1. The van der Waals surface area contributed by atoms with Crippen LogP contribution in [-0.2, 0) is 0 Å². The molecule has 0 saturated carbocycles. The summed E-state index contributed by atoms with van der Waals surface area (Å²) in [5.74, 6) is 0. The van der Waals surface area contributed by atoms with Crippen LogP contribution in [0.2, 0.25) is 0 Å². The number of fused-ring (bicyclic) bond motifs is 1. The molecule has 1 heterocycles. The summed E-state index contributed by atoms with van der Waals surface area (Å²) in [6.45, 7) is 0. The first-order valence-corrected chi connectivity index (χ1v) is 3.85. The van der Waals surface area contributed by atoms with Crippen LogP contribution < -0.4 is 5.73 Å². The fourth-order valence-corrected chi connectivity index (χ4v) is 1.26. The quantitative estimate of drug-likeness (QED) is 0.652.